The highest BCUT2D eigenvalue weighted by atomic mass is 32.2. The second kappa shape index (κ2) is 8.17. The molecule has 0 radical (unpaired) electrons. The lowest BCUT2D eigenvalue weighted by atomic mass is 10.2. The molecule has 0 spiro atoms. The van der Waals surface area contributed by atoms with E-state index in [0.717, 1.165) is 0 Å². The fourth-order valence-electron chi connectivity index (χ4n) is 3.36. The monoisotopic (exact) mass is 466 g/mol. The second-order valence-corrected chi connectivity index (χ2v) is 8.78. The summed E-state index contributed by atoms with van der Waals surface area (Å²) in [7, 11) is 0. The van der Waals surface area contributed by atoms with E-state index < -0.39 is 0 Å². The van der Waals surface area contributed by atoms with E-state index in [1.54, 1.807) is 28.7 Å². The number of rotatable bonds is 6. The largest absolute Gasteiger partial charge is 0.301 e. The van der Waals surface area contributed by atoms with Gasteiger partial charge in [0, 0.05) is 6.54 Å². The molecule has 0 bridgehead atoms. The highest BCUT2D eigenvalue weighted by molar-refractivity contribution is 7.99. The van der Waals surface area contributed by atoms with Crippen molar-refractivity contribution in [2.24, 2.45) is 0 Å². The summed E-state index contributed by atoms with van der Waals surface area (Å²) in [5, 5.41) is 12.5. The lowest BCUT2D eigenvalue weighted by Gasteiger charge is -2.09. The Morgan fingerprint density at radius 2 is 2.09 bits per heavy atom. The van der Waals surface area contributed by atoms with Crippen LogP contribution in [0.25, 0.3) is 26.9 Å². The Morgan fingerprint density at radius 1 is 1.25 bits per heavy atom. The summed E-state index contributed by atoms with van der Waals surface area (Å²) < 4.78 is 17.3. The maximum atomic E-state index is 13.4. The van der Waals surface area contributed by atoms with Crippen LogP contribution >= 0.6 is 23.1 Å². The summed E-state index contributed by atoms with van der Waals surface area (Å²) in [5.74, 6) is -0.199. The van der Waals surface area contributed by atoms with Gasteiger partial charge in [-0.25, -0.2) is 9.37 Å². The number of nitrogens with zero attached hydrogens (tertiary/aromatic N) is 5. The van der Waals surface area contributed by atoms with Crippen molar-refractivity contribution in [3.8, 4) is 0 Å². The molecule has 11 heteroatoms. The van der Waals surface area contributed by atoms with Crippen molar-refractivity contribution in [3.05, 3.63) is 71.3 Å². The molecular weight excluding hydrogens is 451 g/mol. The SMILES string of the molecule is C=CCn1c(=O)c2ccccc2n2c(SCC(=O)Nc3nc4ccc(F)cc4s3)nnc12. The Morgan fingerprint density at radius 3 is 2.94 bits per heavy atom. The first-order valence-corrected chi connectivity index (χ1v) is 11.3. The van der Waals surface area contributed by atoms with Gasteiger partial charge in [-0.3, -0.25) is 18.6 Å². The van der Waals surface area contributed by atoms with Crippen molar-refractivity contribution < 1.29 is 9.18 Å². The lowest BCUT2D eigenvalue weighted by molar-refractivity contribution is -0.113. The molecule has 2 aromatic carbocycles. The summed E-state index contributed by atoms with van der Waals surface area (Å²) in [6.45, 7) is 4.00. The molecule has 0 fully saturated rings. The molecule has 1 N–H and O–H groups in total. The maximum Gasteiger partial charge on any atom is 0.263 e. The molecular formula is C21H15FN6O2S2. The van der Waals surface area contributed by atoms with Crippen molar-refractivity contribution in [2.75, 3.05) is 11.1 Å². The van der Waals surface area contributed by atoms with Gasteiger partial charge in [0.25, 0.3) is 5.56 Å². The van der Waals surface area contributed by atoms with Crippen LogP contribution in [0.3, 0.4) is 0 Å². The highest BCUT2D eigenvalue weighted by Crippen LogP contribution is 2.27. The topological polar surface area (TPSA) is 94.2 Å². The number of halogens is 1. The van der Waals surface area contributed by atoms with Gasteiger partial charge in [0.05, 0.1) is 26.9 Å². The first-order chi connectivity index (χ1) is 15.5. The Labute approximate surface area is 188 Å². The molecule has 0 saturated heterocycles. The summed E-state index contributed by atoms with van der Waals surface area (Å²) in [5.41, 5.74) is 1.10. The smallest absolute Gasteiger partial charge is 0.263 e. The van der Waals surface area contributed by atoms with Crippen molar-refractivity contribution in [2.45, 2.75) is 11.7 Å². The van der Waals surface area contributed by atoms with Crippen molar-refractivity contribution in [1.29, 1.82) is 0 Å². The van der Waals surface area contributed by atoms with Crippen LogP contribution in [0.5, 0.6) is 0 Å². The zero-order valence-electron chi connectivity index (χ0n) is 16.5. The van der Waals surface area contributed by atoms with Crippen LogP contribution in [-0.4, -0.2) is 35.8 Å². The molecule has 0 aliphatic rings. The average molecular weight is 467 g/mol. The van der Waals surface area contributed by atoms with E-state index in [4.69, 9.17) is 0 Å². The normalized spacial score (nSPS) is 11.4. The number of para-hydroxylation sites is 1. The molecule has 3 aromatic heterocycles. The number of amides is 1. The molecule has 0 aliphatic carbocycles. The van der Waals surface area contributed by atoms with Gasteiger partial charge >= 0.3 is 0 Å². The van der Waals surface area contributed by atoms with E-state index in [2.05, 4.69) is 27.1 Å². The lowest BCUT2D eigenvalue weighted by Crippen LogP contribution is -2.22. The molecule has 0 atom stereocenters. The second-order valence-electron chi connectivity index (χ2n) is 6.81. The van der Waals surface area contributed by atoms with Gasteiger partial charge in [0.15, 0.2) is 10.3 Å². The zero-order valence-corrected chi connectivity index (χ0v) is 18.1. The third-order valence-corrected chi connectivity index (χ3v) is 6.58. The number of nitrogens with one attached hydrogen (secondary N) is 1. The van der Waals surface area contributed by atoms with Crippen LogP contribution in [0, 0.1) is 5.82 Å². The Kier molecular flexibility index (Phi) is 5.19. The molecule has 0 saturated carbocycles. The fourth-order valence-corrected chi connectivity index (χ4v) is 5.01. The number of allylic oxidation sites excluding steroid dienone is 1. The molecule has 32 heavy (non-hydrogen) atoms. The molecule has 8 nitrogen and oxygen atoms in total. The van der Waals surface area contributed by atoms with Gasteiger partial charge in [-0.1, -0.05) is 41.3 Å². The third-order valence-electron chi connectivity index (χ3n) is 4.72. The summed E-state index contributed by atoms with van der Waals surface area (Å²) in [6.07, 6.45) is 1.62. The van der Waals surface area contributed by atoms with Crippen LogP contribution in [0.2, 0.25) is 0 Å². The van der Waals surface area contributed by atoms with Gasteiger partial charge in [0.1, 0.15) is 5.82 Å². The van der Waals surface area contributed by atoms with Gasteiger partial charge < -0.3 is 5.32 Å². The van der Waals surface area contributed by atoms with Crippen LogP contribution in [-0.2, 0) is 11.3 Å². The average Bonchev–Trinajstić information content (AvgIpc) is 3.38. The Hall–Kier alpha value is -3.57. The standard InChI is InChI=1S/C21H15FN6O2S2/c1-2-9-27-18(30)13-5-3-4-6-15(13)28-20(27)25-26-21(28)31-11-17(29)24-19-23-14-8-7-12(22)10-16(14)32-19/h2-8,10H,1,9,11H2,(H,23,24,29). The minimum Gasteiger partial charge on any atom is -0.301 e. The van der Waals surface area contributed by atoms with Crippen LogP contribution in [0.1, 0.15) is 0 Å². The number of hydrogen-bond donors (Lipinski definition) is 1. The molecule has 0 aliphatic heterocycles. The first-order valence-electron chi connectivity index (χ1n) is 9.51. The minimum absolute atomic E-state index is 0.0555. The van der Waals surface area contributed by atoms with E-state index in [1.807, 2.05) is 12.1 Å². The molecule has 5 rings (SSSR count). The zero-order chi connectivity index (χ0) is 22.2. The molecule has 0 unspecified atom stereocenters. The number of hydrogen-bond acceptors (Lipinski definition) is 7. The van der Waals surface area contributed by atoms with Crippen LogP contribution in [0.4, 0.5) is 9.52 Å². The number of thiazole rings is 1. The number of benzene rings is 2. The first kappa shape index (κ1) is 20.3. The Balaban J connectivity index is 1.43. The highest BCUT2D eigenvalue weighted by Gasteiger charge is 2.17. The van der Waals surface area contributed by atoms with Crippen molar-refractivity contribution in [1.82, 2.24) is 24.1 Å². The van der Waals surface area contributed by atoms with Gasteiger partial charge in [0.2, 0.25) is 11.7 Å². The third kappa shape index (κ3) is 3.55. The number of fused-ring (bicyclic) bond motifs is 4. The summed E-state index contributed by atoms with van der Waals surface area (Å²) in [4.78, 5) is 29.7. The van der Waals surface area contributed by atoms with Crippen molar-refractivity contribution >= 4 is 61.0 Å². The van der Waals surface area contributed by atoms with Crippen LogP contribution in [0.15, 0.2) is 65.1 Å². The molecule has 160 valence electrons. The molecule has 3 heterocycles. The predicted octanol–water partition coefficient (Wildman–Crippen LogP) is 3.71. The number of thioether (sulfide) groups is 1. The quantitative estimate of drug-likeness (QED) is 0.303. The number of anilines is 1. The van der Waals surface area contributed by atoms with E-state index in [1.165, 1.54) is 39.8 Å². The maximum absolute atomic E-state index is 13.4. The number of aromatic nitrogens is 5. The Bertz CT molecular complexity index is 1570. The molecule has 5 aromatic rings. The minimum atomic E-state index is -0.351. The van der Waals surface area contributed by atoms with E-state index in [0.29, 0.717) is 37.2 Å². The summed E-state index contributed by atoms with van der Waals surface area (Å²) in [6, 6.07) is 11.5. The van der Waals surface area contributed by atoms with Gasteiger partial charge in [-0.15, -0.1) is 16.8 Å². The number of carbonyl (C=O) groups excluding carboxylic acids is 1. The van der Waals surface area contributed by atoms with Gasteiger partial charge in [-0.2, -0.15) is 0 Å². The van der Waals surface area contributed by atoms with E-state index in [-0.39, 0.29) is 29.6 Å². The van der Waals surface area contributed by atoms with E-state index >= 15 is 0 Å². The molecule has 1 amide bonds. The fraction of sp³-hybridized carbons (Fsp3) is 0.0952. The number of carbonyl (C=O) groups is 1. The van der Waals surface area contributed by atoms with Crippen LogP contribution < -0.4 is 10.9 Å². The van der Waals surface area contributed by atoms with E-state index in [9.17, 15) is 14.0 Å². The predicted molar refractivity (Wildman–Crippen MR) is 124 cm³/mol. The summed E-state index contributed by atoms with van der Waals surface area (Å²) >= 11 is 2.40. The van der Waals surface area contributed by atoms with Gasteiger partial charge in [-0.05, 0) is 30.3 Å². The van der Waals surface area contributed by atoms with Crippen molar-refractivity contribution in [3.63, 3.8) is 0 Å².